The molecule has 0 radical (unpaired) electrons. The maximum absolute atomic E-state index is 12.7. The van der Waals surface area contributed by atoms with Crippen LogP contribution in [0.2, 0.25) is 0 Å². The summed E-state index contributed by atoms with van der Waals surface area (Å²) >= 11 is 0. The minimum absolute atomic E-state index is 0.0352. The number of carbonyl (C=O) groups is 1. The van der Waals surface area contributed by atoms with E-state index in [1.807, 2.05) is 32.0 Å². The van der Waals surface area contributed by atoms with Crippen molar-refractivity contribution in [3.63, 3.8) is 0 Å². The Balaban J connectivity index is 1.64. The van der Waals surface area contributed by atoms with Gasteiger partial charge < -0.3 is 9.42 Å². The quantitative estimate of drug-likeness (QED) is 0.860. The number of hydrogen-bond donors (Lipinski definition) is 0. The Morgan fingerprint density at radius 1 is 1.12 bits per heavy atom. The van der Waals surface area contributed by atoms with Gasteiger partial charge in [-0.1, -0.05) is 44.2 Å². The van der Waals surface area contributed by atoms with Gasteiger partial charge in [0.25, 0.3) is 0 Å². The molecule has 1 fully saturated rings. The molecule has 0 atom stereocenters. The Morgan fingerprint density at radius 2 is 1.76 bits per heavy atom. The van der Waals surface area contributed by atoms with Crippen LogP contribution in [0.4, 0.5) is 4.79 Å². The molecule has 6 heteroatoms. The fourth-order valence-corrected chi connectivity index (χ4v) is 3.36. The van der Waals surface area contributed by atoms with Crippen LogP contribution in [0, 0.1) is 6.92 Å². The Bertz CT molecular complexity index is 784. The van der Waals surface area contributed by atoms with E-state index in [2.05, 4.69) is 17.0 Å². The van der Waals surface area contributed by atoms with Gasteiger partial charge >= 0.3 is 11.7 Å². The third-order valence-electron chi connectivity index (χ3n) is 4.73. The molecule has 1 aromatic heterocycles. The highest BCUT2D eigenvalue weighted by Crippen LogP contribution is 2.17. The van der Waals surface area contributed by atoms with Crippen LogP contribution in [-0.2, 0) is 6.54 Å². The van der Waals surface area contributed by atoms with E-state index in [-0.39, 0.29) is 11.9 Å². The number of carbonyl (C=O) groups excluding carboxylic acids is 1. The van der Waals surface area contributed by atoms with Crippen LogP contribution in [0.3, 0.4) is 0 Å². The highest BCUT2D eigenvalue weighted by atomic mass is 16.5. The summed E-state index contributed by atoms with van der Waals surface area (Å²) in [4.78, 5) is 28.8. The van der Waals surface area contributed by atoms with Gasteiger partial charge in [-0.2, -0.15) is 0 Å². The van der Waals surface area contributed by atoms with E-state index in [0.717, 1.165) is 24.4 Å². The van der Waals surface area contributed by atoms with E-state index in [1.54, 1.807) is 11.8 Å². The molecule has 6 nitrogen and oxygen atoms in total. The number of piperazine rings is 1. The molecule has 1 aliphatic heterocycles. The molecule has 0 aliphatic carbocycles. The molecule has 0 N–H and O–H groups in total. The summed E-state index contributed by atoms with van der Waals surface area (Å²) in [5.41, 5.74) is 2.05. The van der Waals surface area contributed by atoms with E-state index < -0.39 is 5.63 Å². The van der Waals surface area contributed by atoms with Crippen LogP contribution in [0.25, 0.3) is 0 Å². The van der Waals surface area contributed by atoms with E-state index in [1.165, 1.54) is 5.56 Å². The van der Waals surface area contributed by atoms with Crippen LogP contribution in [-0.4, -0.2) is 46.7 Å². The van der Waals surface area contributed by atoms with Crippen LogP contribution in [0.15, 0.2) is 39.6 Å². The van der Waals surface area contributed by atoms with E-state index >= 15 is 0 Å². The van der Waals surface area contributed by atoms with Crippen LogP contribution >= 0.6 is 0 Å². The van der Waals surface area contributed by atoms with Gasteiger partial charge in [0.2, 0.25) is 0 Å². The van der Waals surface area contributed by atoms with Gasteiger partial charge in [-0.3, -0.25) is 4.90 Å². The lowest BCUT2D eigenvalue weighted by molar-refractivity contribution is 0.119. The second-order valence-electron chi connectivity index (χ2n) is 6.86. The SMILES string of the molecule is Cc1c(C(C)C)c(=O)on1C(=O)N1CCN(Cc2ccccc2)CC1. The second kappa shape index (κ2) is 7.27. The number of aromatic nitrogens is 1. The fourth-order valence-electron chi connectivity index (χ4n) is 3.36. The molecule has 1 aliphatic rings. The number of amides is 1. The summed E-state index contributed by atoms with van der Waals surface area (Å²) in [7, 11) is 0. The monoisotopic (exact) mass is 343 g/mol. The van der Waals surface area contributed by atoms with E-state index in [9.17, 15) is 9.59 Å². The third kappa shape index (κ3) is 3.69. The Hall–Kier alpha value is -2.34. The van der Waals surface area contributed by atoms with Crippen LogP contribution in [0.1, 0.15) is 36.6 Å². The van der Waals surface area contributed by atoms with Gasteiger partial charge in [-0.25, -0.2) is 9.59 Å². The molecule has 3 rings (SSSR count). The average Bonchev–Trinajstić information content (AvgIpc) is 2.90. The first-order chi connectivity index (χ1) is 12.0. The normalized spacial score (nSPS) is 15.8. The van der Waals surface area contributed by atoms with Crippen molar-refractivity contribution in [2.24, 2.45) is 0 Å². The zero-order valence-corrected chi connectivity index (χ0v) is 15.1. The maximum atomic E-state index is 12.7. The van der Waals surface area contributed by atoms with Crippen molar-refractivity contribution in [2.75, 3.05) is 26.2 Å². The zero-order valence-electron chi connectivity index (χ0n) is 15.1. The summed E-state index contributed by atoms with van der Waals surface area (Å²) in [6.07, 6.45) is 0. The van der Waals surface area contributed by atoms with Crippen molar-refractivity contribution in [3.8, 4) is 0 Å². The highest BCUT2D eigenvalue weighted by molar-refractivity contribution is 5.76. The predicted octanol–water partition coefficient (Wildman–Crippen LogP) is 2.66. The summed E-state index contributed by atoms with van der Waals surface area (Å²) in [6.45, 7) is 9.38. The van der Waals surface area contributed by atoms with Crippen molar-refractivity contribution >= 4 is 6.03 Å². The van der Waals surface area contributed by atoms with Gasteiger partial charge in [0.05, 0.1) is 11.3 Å². The highest BCUT2D eigenvalue weighted by Gasteiger charge is 2.27. The molecule has 2 heterocycles. The number of hydrogen-bond acceptors (Lipinski definition) is 4. The van der Waals surface area contributed by atoms with Crippen molar-refractivity contribution in [1.29, 1.82) is 0 Å². The second-order valence-corrected chi connectivity index (χ2v) is 6.86. The summed E-state index contributed by atoms with van der Waals surface area (Å²) in [5.74, 6) is 0.0352. The standard InChI is InChI=1S/C19H25N3O3/c1-14(2)17-15(3)22(25-18(17)23)19(24)21-11-9-20(10-12-21)13-16-7-5-4-6-8-16/h4-8,14H,9-13H2,1-3H3. The Kier molecular flexibility index (Phi) is 5.08. The smallest absolute Gasteiger partial charge is 0.327 e. The first-order valence-corrected chi connectivity index (χ1v) is 8.75. The first kappa shape index (κ1) is 17.5. The van der Waals surface area contributed by atoms with E-state index in [0.29, 0.717) is 24.3 Å². The van der Waals surface area contributed by atoms with Crippen LogP contribution < -0.4 is 5.63 Å². The van der Waals surface area contributed by atoms with Gasteiger partial charge in [0.15, 0.2) is 0 Å². The molecule has 25 heavy (non-hydrogen) atoms. The minimum atomic E-state index is -0.413. The van der Waals surface area contributed by atoms with Crippen molar-refractivity contribution < 1.29 is 9.32 Å². The molecule has 0 spiro atoms. The zero-order chi connectivity index (χ0) is 18.0. The molecule has 1 saturated heterocycles. The average molecular weight is 343 g/mol. The molecule has 2 aromatic rings. The summed E-state index contributed by atoms with van der Waals surface area (Å²) in [5, 5.41) is 0. The molecule has 0 bridgehead atoms. The lowest BCUT2D eigenvalue weighted by atomic mass is 10.1. The fraction of sp³-hybridized carbons (Fsp3) is 0.474. The van der Waals surface area contributed by atoms with Crippen molar-refractivity contribution in [1.82, 2.24) is 14.5 Å². The lowest BCUT2D eigenvalue weighted by Gasteiger charge is -2.34. The van der Waals surface area contributed by atoms with Crippen molar-refractivity contribution in [3.05, 3.63) is 57.6 Å². The molecule has 0 unspecified atom stereocenters. The summed E-state index contributed by atoms with van der Waals surface area (Å²) in [6, 6.07) is 10.1. The topological polar surface area (TPSA) is 58.7 Å². The largest absolute Gasteiger partial charge is 0.361 e. The van der Waals surface area contributed by atoms with Crippen molar-refractivity contribution in [2.45, 2.75) is 33.2 Å². The maximum Gasteiger partial charge on any atom is 0.361 e. The molecule has 134 valence electrons. The number of rotatable bonds is 3. The number of benzene rings is 1. The van der Waals surface area contributed by atoms with E-state index in [4.69, 9.17) is 4.52 Å². The van der Waals surface area contributed by atoms with Crippen LogP contribution in [0.5, 0.6) is 0 Å². The van der Waals surface area contributed by atoms with Gasteiger partial charge in [0, 0.05) is 32.7 Å². The predicted molar refractivity (Wildman–Crippen MR) is 95.9 cm³/mol. The Morgan fingerprint density at radius 3 is 2.32 bits per heavy atom. The lowest BCUT2D eigenvalue weighted by Crippen LogP contribution is -2.49. The molecule has 1 aromatic carbocycles. The molecule has 0 saturated carbocycles. The van der Waals surface area contributed by atoms with Gasteiger partial charge in [0.1, 0.15) is 0 Å². The minimum Gasteiger partial charge on any atom is -0.327 e. The molecule has 1 amide bonds. The first-order valence-electron chi connectivity index (χ1n) is 8.75. The third-order valence-corrected chi connectivity index (χ3v) is 4.73. The molecular weight excluding hydrogens is 318 g/mol. The summed E-state index contributed by atoms with van der Waals surface area (Å²) < 4.78 is 6.36. The Labute approximate surface area is 147 Å². The molecular formula is C19H25N3O3. The number of nitrogens with zero attached hydrogens (tertiary/aromatic N) is 3. The van der Waals surface area contributed by atoms with Gasteiger partial charge in [-0.15, -0.1) is 4.74 Å². The van der Waals surface area contributed by atoms with Gasteiger partial charge in [-0.05, 0) is 18.4 Å².